The van der Waals surface area contributed by atoms with Crippen molar-refractivity contribution in [1.29, 1.82) is 0 Å². The number of carbonyl (C=O) groups excluding carboxylic acids is 1. The summed E-state index contributed by atoms with van der Waals surface area (Å²) in [5, 5.41) is -0.0260. The zero-order valence-electron chi connectivity index (χ0n) is 8.01. The van der Waals surface area contributed by atoms with Gasteiger partial charge in [0.15, 0.2) is 0 Å². The molecule has 0 bridgehead atoms. The molecule has 2 aliphatic heterocycles. The minimum atomic E-state index is -1.24. The summed E-state index contributed by atoms with van der Waals surface area (Å²) >= 11 is 0. The van der Waals surface area contributed by atoms with Gasteiger partial charge in [-0.25, -0.2) is 13.3 Å². The topological polar surface area (TPSA) is 46.6 Å². The van der Waals surface area contributed by atoms with Crippen molar-refractivity contribution in [1.82, 2.24) is 4.31 Å². The van der Waals surface area contributed by atoms with Crippen molar-refractivity contribution < 1.29 is 13.7 Å². The molecule has 14 heavy (non-hydrogen) atoms. The lowest BCUT2D eigenvalue weighted by atomic mass is 10.2. The van der Waals surface area contributed by atoms with Gasteiger partial charge < -0.3 is 4.74 Å². The van der Waals surface area contributed by atoms with Crippen LogP contribution in [-0.2, 0) is 15.7 Å². The summed E-state index contributed by atoms with van der Waals surface area (Å²) in [6.45, 7) is 2.37. The molecular weight excluding hydrogens is 202 g/mol. The summed E-state index contributed by atoms with van der Waals surface area (Å²) in [7, 11) is -1.24. The standard InChI is InChI=1S/C9H13NO3S/c1-2-3-8-5-4-7-6-13-9(11)10(7)14(8)12/h4-5,7-8H,2-3,6H2,1H3. The molecule has 1 amide bonds. The quantitative estimate of drug-likeness (QED) is 0.650. The molecule has 2 heterocycles. The van der Waals surface area contributed by atoms with Crippen LogP contribution in [0.25, 0.3) is 0 Å². The molecule has 2 rings (SSSR count). The first kappa shape index (κ1) is 9.71. The van der Waals surface area contributed by atoms with Crippen molar-refractivity contribution in [2.45, 2.75) is 31.1 Å². The van der Waals surface area contributed by atoms with Crippen molar-refractivity contribution in [2.75, 3.05) is 6.61 Å². The third kappa shape index (κ3) is 1.45. The first-order valence-electron chi connectivity index (χ1n) is 4.79. The fourth-order valence-corrected chi connectivity index (χ4v) is 3.26. The highest BCUT2D eigenvalue weighted by Gasteiger charge is 2.40. The molecule has 1 fully saturated rings. The van der Waals surface area contributed by atoms with Gasteiger partial charge in [-0.15, -0.1) is 0 Å². The first-order chi connectivity index (χ1) is 6.74. The van der Waals surface area contributed by atoms with Gasteiger partial charge in [0.25, 0.3) is 0 Å². The van der Waals surface area contributed by atoms with Crippen molar-refractivity contribution in [3.8, 4) is 0 Å². The Morgan fingerprint density at radius 1 is 1.64 bits per heavy atom. The largest absolute Gasteiger partial charge is 0.446 e. The van der Waals surface area contributed by atoms with Gasteiger partial charge in [0.05, 0.1) is 5.25 Å². The Balaban J connectivity index is 2.19. The van der Waals surface area contributed by atoms with Gasteiger partial charge in [-0.2, -0.15) is 0 Å². The molecule has 2 aliphatic rings. The highest BCUT2D eigenvalue weighted by Crippen LogP contribution is 2.25. The average molecular weight is 215 g/mol. The maximum Gasteiger partial charge on any atom is 0.422 e. The van der Waals surface area contributed by atoms with E-state index in [4.69, 9.17) is 4.74 Å². The van der Waals surface area contributed by atoms with Crippen LogP contribution in [-0.4, -0.2) is 32.5 Å². The Kier molecular flexibility index (Phi) is 2.58. The van der Waals surface area contributed by atoms with Crippen LogP contribution in [0.15, 0.2) is 12.2 Å². The average Bonchev–Trinajstić information content (AvgIpc) is 2.54. The third-order valence-electron chi connectivity index (χ3n) is 2.43. The number of fused-ring (bicyclic) bond motifs is 1. The predicted octanol–water partition coefficient (Wildman–Crippen LogP) is 1.21. The summed E-state index contributed by atoms with van der Waals surface area (Å²) in [5.74, 6) is 0. The lowest BCUT2D eigenvalue weighted by molar-refractivity contribution is 0.170. The van der Waals surface area contributed by atoms with E-state index in [0.29, 0.717) is 6.61 Å². The van der Waals surface area contributed by atoms with E-state index in [0.717, 1.165) is 12.8 Å². The highest BCUT2D eigenvalue weighted by molar-refractivity contribution is 7.84. The van der Waals surface area contributed by atoms with Gasteiger partial charge in [-0.05, 0) is 6.42 Å². The molecule has 3 atom stereocenters. The smallest absolute Gasteiger partial charge is 0.422 e. The number of hydrogen-bond acceptors (Lipinski definition) is 3. The van der Waals surface area contributed by atoms with Gasteiger partial charge in [0.2, 0.25) is 0 Å². The molecule has 0 radical (unpaired) electrons. The molecule has 0 aliphatic carbocycles. The minimum Gasteiger partial charge on any atom is -0.446 e. The molecule has 1 saturated heterocycles. The SMILES string of the molecule is CCCC1C=CC2COC(=O)N2S1=O. The summed E-state index contributed by atoms with van der Waals surface area (Å²) in [5.41, 5.74) is 0. The fourth-order valence-electron chi connectivity index (χ4n) is 1.71. The van der Waals surface area contributed by atoms with Crippen molar-refractivity contribution in [2.24, 2.45) is 0 Å². The van der Waals surface area contributed by atoms with E-state index in [2.05, 4.69) is 0 Å². The first-order valence-corrected chi connectivity index (χ1v) is 5.96. The van der Waals surface area contributed by atoms with Crippen LogP contribution in [0.3, 0.4) is 0 Å². The van der Waals surface area contributed by atoms with Crippen LogP contribution in [0.4, 0.5) is 4.79 Å². The Labute approximate surface area is 85.5 Å². The summed E-state index contributed by atoms with van der Waals surface area (Å²) in [6, 6.07) is -0.114. The summed E-state index contributed by atoms with van der Waals surface area (Å²) in [4.78, 5) is 11.2. The second-order valence-electron chi connectivity index (χ2n) is 3.46. The Bertz CT molecular complexity index is 302. The summed E-state index contributed by atoms with van der Waals surface area (Å²) < 4.78 is 18.1. The zero-order valence-corrected chi connectivity index (χ0v) is 8.83. The van der Waals surface area contributed by atoms with Gasteiger partial charge in [0, 0.05) is 0 Å². The van der Waals surface area contributed by atoms with Gasteiger partial charge in [-0.1, -0.05) is 25.5 Å². The Morgan fingerprint density at radius 2 is 2.43 bits per heavy atom. The predicted molar refractivity (Wildman–Crippen MR) is 53.0 cm³/mol. The highest BCUT2D eigenvalue weighted by atomic mass is 32.2. The molecule has 0 saturated carbocycles. The van der Waals surface area contributed by atoms with Crippen LogP contribution in [0.2, 0.25) is 0 Å². The Hall–Kier alpha value is -0.840. The van der Waals surface area contributed by atoms with Crippen molar-refractivity contribution >= 4 is 17.1 Å². The number of nitrogens with zero attached hydrogens (tertiary/aromatic N) is 1. The van der Waals surface area contributed by atoms with Crippen LogP contribution >= 0.6 is 0 Å². The van der Waals surface area contributed by atoms with Crippen molar-refractivity contribution in [3.63, 3.8) is 0 Å². The maximum atomic E-state index is 11.9. The van der Waals surface area contributed by atoms with E-state index in [1.165, 1.54) is 4.31 Å². The number of amides is 1. The normalized spacial score (nSPS) is 35.6. The molecular formula is C9H13NO3S. The van der Waals surface area contributed by atoms with Crippen molar-refractivity contribution in [3.05, 3.63) is 12.2 Å². The molecule has 0 aromatic heterocycles. The molecule has 0 aromatic carbocycles. The number of ether oxygens (including phenoxy) is 1. The molecule has 3 unspecified atom stereocenters. The van der Waals surface area contributed by atoms with E-state index in [1.807, 2.05) is 19.1 Å². The van der Waals surface area contributed by atoms with Crippen LogP contribution in [0, 0.1) is 0 Å². The van der Waals surface area contributed by atoms with E-state index < -0.39 is 17.1 Å². The second kappa shape index (κ2) is 3.73. The monoisotopic (exact) mass is 215 g/mol. The molecule has 5 heteroatoms. The molecule has 0 N–H and O–H groups in total. The van der Waals surface area contributed by atoms with Gasteiger partial charge in [0.1, 0.15) is 23.6 Å². The van der Waals surface area contributed by atoms with E-state index in [-0.39, 0.29) is 11.3 Å². The van der Waals surface area contributed by atoms with E-state index in [9.17, 15) is 9.00 Å². The molecule has 4 nitrogen and oxygen atoms in total. The molecule has 0 aromatic rings. The van der Waals surface area contributed by atoms with Gasteiger partial charge in [-0.3, -0.25) is 0 Å². The maximum absolute atomic E-state index is 11.9. The molecule has 78 valence electrons. The lowest BCUT2D eigenvalue weighted by Gasteiger charge is -2.26. The minimum absolute atomic E-state index is 0.0260. The summed E-state index contributed by atoms with van der Waals surface area (Å²) in [6.07, 6.45) is 5.24. The molecule has 0 spiro atoms. The van der Waals surface area contributed by atoms with Gasteiger partial charge >= 0.3 is 6.09 Å². The van der Waals surface area contributed by atoms with E-state index >= 15 is 0 Å². The fraction of sp³-hybridized carbons (Fsp3) is 0.667. The third-order valence-corrected chi connectivity index (χ3v) is 4.15. The Morgan fingerprint density at radius 3 is 3.14 bits per heavy atom. The second-order valence-corrected chi connectivity index (χ2v) is 5.01. The zero-order chi connectivity index (χ0) is 10.1. The number of hydrogen-bond donors (Lipinski definition) is 0. The van der Waals surface area contributed by atoms with Crippen LogP contribution < -0.4 is 0 Å². The lowest BCUT2D eigenvalue weighted by Crippen LogP contribution is -2.41. The number of carbonyl (C=O) groups is 1. The number of cyclic esters (lactones) is 1. The van der Waals surface area contributed by atoms with E-state index in [1.54, 1.807) is 0 Å². The number of rotatable bonds is 2. The van der Waals surface area contributed by atoms with Crippen LogP contribution in [0.5, 0.6) is 0 Å². The van der Waals surface area contributed by atoms with Crippen LogP contribution in [0.1, 0.15) is 19.8 Å².